The van der Waals surface area contributed by atoms with Gasteiger partial charge in [0.15, 0.2) is 11.6 Å². The van der Waals surface area contributed by atoms with Crippen molar-refractivity contribution in [2.75, 3.05) is 25.0 Å². The Morgan fingerprint density at radius 3 is 2.62 bits per heavy atom. The molecule has 0 aliphatic carbocycles. The maximum Gasteiger partial charge on any atom is 0.308 e. The van der Waals surface area contributed by atoms with Crippen molar-refractivity contribution >= 4 is 17.6 Å². The molecule has 1 aromatic rings. The summed E-state index contributed by atoms with van der Waals surface area (Å²) in [5, 5.41) is 11.5. The summed E-state index contributed by atoms with van der Waals surface area (Å²) in [5.41, 5.74) is 0.168. The van der Waals surface area contributed by atoms with Crippen LogP contribution >= 0.6 is 0 Å². The van der Waals surface area contributed by atoms with Crippen LogP contribution in [-0.2, 0) is 9.59 Å². The molecule has 0 aromatic heterocycles. The van der Waals surface area contributed by atoms with Gasteiger partial charge in [0, 0.05) is 24.8 Å². The summed E-state index contributed by atoms with van der Waals surface area (Å²) in [6, 6.07) is 3.10. The number of amides is 1. The van der Waals surface area contributed by atoms with Gasteiger partial charge in [-0.2, -0.15) is 0 Å². The van der Waals surface area contributed by atoms with Gasteiger partial charge in [-0.1, -0.05) is 6.92 Å². The van der Waals surface area contributed by atoms with E-state index < -0.39 is 23.5 Å². The van der Waals surface area contributed by atoms with E-state index in [0.717, 1.165) is 12.1 Å². The second kappa shape index (κ2) is 6.17. The number of carboxylic acids is 1. The average molecular weight is 298 g/mol. The van der Waals surface area contributed by atoms with Crippen LogP contribution in [0.5, 0.6) is 0 Å². The third kappa shape index (κ3) is 3.75. The molecule has 0 saturated carbocycles. The van der Waals surface area contributed by atoms with Gasteiger partial charge in [0.25, 0.3) is 0 Å². The molecule has 2 atom stereocenters. The van der Waals surface area contributed by atoms with E-state index in [-0.39, 0.29) is 24.1 Å². The predicted molar refractivity (Wildman–Crippen MR) is 71.7 cm³/mol. The first-order chi connectivity index (χ1) is 9.86. The molecule has 114 valence electrons. The fourth-order valence-electron chi connectivity index (χ4n) is 2.50. The number of nitrogens with one attached hydrogen (secondary N) is 1. The van der Waals surface area contributed by atoms with Gasteiger partial charge in [0.1, 0.15) is 0 Å². The summed E-state index contributed by atoms with van der Waals surface area (Å²) in [7, 11) is 0. The Morgan fingerprint density at radius 1 is 1.33 bits per heavy atom. The smallest absolute Gasteiger partial charge is 0.308 e. The summed E-state index contributed by atoms with van der Waals surface area (Å²) in [5.74, 6) is -3.79. The summed E-state index contributed by atoms with van der Waals surface area (Å²) < 4.78 is 25.8. The highest BCUT2D eigenvalue weighted by Gasteiger charge is 2.35. The first-order valence-electron chi connectivity index (χ1n) is 6.57. The van der Waals surface area contributed by atoms with Gasteiger partial charge >= 0.3 is 5.97 Å². The number of hydrogen-bond donors (Lipinski definition) is 2. The van der Waals surface area contributed by atoms with Gasteiger partial charge in [0.2, 0.25) is 5.91 Å². The zero-order chi connectivity index (χ0) is 15.6. The number of carbonyl (C=O) groups is 2. The lowest BCUT2D eigenvalue weighted by atomic mass is 9.99. The van der Waals surface area contributed by atoms with Crippen molar-refractivity contribution in [2.45, 2.75) is 6.92 Å². The van der Waals surface area contributed by atoms with Crippen LogP contribution in [0.4, 0.5) is 14.5 Å². The highest BCUT2D eigenvalue weighted by atomic mass is 19.2. The van der Waals surface area contributed by atoms with E-state index in [2.05, 4.69) is 5.32 Å². The summed E-state index contributed by atoms with van der Waals surface area (Å²) in [4.78, 5) is 24.6. The van der Waals surface area contributed by atoms with Gasteiger partial charge in [-0.15, -0.1) is 0 Å². The molecule has 1 amide bonds. The molecule has 1 saturated heterocycles. The maximum absolute atomic E-state index is 13.0. The Morgan fingerprint density at radius 2 is 2.05 bits per heavy atom. The largest absolute Gasteiger partial charge is 0.481 e. The first-order valence-corrected chi connectivity index (χ1v) is 6.57. The Hall–Kier alpha value is -2.02. The van der Waals surface area contributed by atoms with E-state index >= 15 is 0 Å². The molecule has 2 unspecified atom stereocenters. The van der Waals surface area contributed by atoms with Crippen molar-refractivity contribution in [3.63, 3.8) is 0 Å². The van der Waals surface area contributed by atoms with Gasteiger partial charge in [-0.25, -0.2) is 8.78 Å². The molecule has 0 radical (unpaired) electrons. The Bertz CT molecular complexity index is 565. The molecule has 2 rings (SSSR count). The molecule has 7 heteroatoms. The molecule has 1 aromatic carbocycles. The number of carbonyl (C=O) groups excluding carboxylic acids is 1. The highest BCUT2D eigenvalue weighted by Crippen LogP contribution is 2.23. The van der Waals surface area contributed by atoms with Gasteiger partial charge in [-0.05, 0) is 18.1 Å². The van der Waals surface area contributed by atoms with Crippen LogP contribution in [0.25, 0.3) is 0 Å². The molecular formula is C14H16F2N2O3. The molecule has 2 N–H and O–H groups in total. The van der Waals surface area contributed by atoms with Crippen LogP contribution in [0, 0.1) is 23.5 Å². The van der Waals surface area contributed by atoms with Crippen molar-refractivity contribution in [1.82, 2.24) is 4.90 Å². The van der Waals surface area contributed by atoms with E-state index in [0.29, 0.717) is 13.1 Å². The third-order valence-corrected chi connectivity index (χ3v) is 3.58. The van der Waals surface area contributed by atoms with Crippen molar-refractivity contribution < 1.29 is 23.5 Å². The highest BCUT2D eigenvalue weighted by molar-refractivity contribution is 5.92. The van der Waals surface area contributed by atoms with Crippen LogP contribution in [-0.4, -0.2) is 41.5 Å². The van der Waals surface area contributed by atoms with Crippen LogP contribution < -0.4 is 5.32 Å². The van der Waals surface area contributed by atoms with Crippen LogP contribution in [0.3, 0.4) is 0 Å². The molecule has 1 aliphatic heterocycles. The molecular weight excluding hydrogens is 282 g/mol. The fraction of sp³-hybridized carbons (Fsp3) is 0.429. The molecule has 21 heavy (non-hydrogen) atoms. The first kappa shape index (κ1) is 15.4. The summed E-state index contributed by atoms with van der Waals surface area (Å²) in [6.45, 7) is 2.67. The zero-order valence-electron chi connectivity index (χ0n) is 11.5. The number of halogens is 2. The van der Waals surface area contributed by atoms with Crippen molar-refractivity contribution in [3.8, 4) is 0 Å². The maximum atomic E-state index is 13.0. The number of nitrogens with zero attached hydrogens (tertiary/aromatic N) is 1. The third-order valence-electron chi connectivity index (χ3n) is 3.58. The zero-order valence-corrected chi connectivity index (χ0v) is 11.5. The summed E-state index contributed by atoms with van der Waals surface area (Å²) >= 11 is 0. The minimum atomic E-state index is -1.03. The van der Waals surface area contributed by atoms with E-state index in [4.69, 9.17) is 5.11 Å². The Balaban J connectivity index is 1.90. The number of likely N-dealkylation sites (tertiary alicyclic amines) is 1. The second-order valence-corrected chi connectivity index (χ2v) is 5.29. The number of hydrogen-bond acceptors (Lipinski definition) is 3. The number of aliphatic carboxylic acids is 1. The summed E-state index contributed by atoms with van der Waals surface area (Å²) in [6.07, 6.45) is 0. The van der Waals surface area contributed by atoms with Crippen molar-refractivity contribution in [3.05, 3.63) is 29.8 Å². The van der Waals surface area contributed by atoms with Crippen LogP contribution in [0.15, 0.2) is 18.2 Å². The van der Waals surface area contributed by atoms with Crippen molar-refractivity contribution in [1.29, 1.82) is 0 Å². The predicted octanol–water partition coefficient (Wildman–Crippen LogP) is 1.56. The minimum Gasteiger partial charge on any atom is -0.481 e. The lowest BCUT2D eigenvalue weighted by Gasteiger charge is -2.14. The molecule has 1 aliphatic rings. The SMILES string of the molecule is CC1CN(CC(=O)Nc2ccc(F)c(F)c2)CC1C(=O)O. The standard InChI is InChI=1S/C14H16F2N2O3/c1-8-5-18(6-10(8)14(20)21)7-13(19)17-9-2-3-11(15)12(16)4-9/h2-4,8,10H,5-7H2,1H3,(H,17,19)(H,20,21). The molecule has 1 fully saturated rings. The number of carboxylic acid groups (broad SMARTS) is 1. The lowest BCUT2D eigenvalue weighted by Crippen LogP contribution is -2.32. The number of rotatable bonds is 4. The molecule has 0 spiro atoms. The van der Waals surface area contributed by atoms with E-state index in [1.54, 1.807) is 4.90 Å². The Labute approximate surface area is 120 Å². The fourth-order valence-corrected chi connectivity index (χ4v) is 2.50. The van der Waals surface area contributed by atoms with Crippen LogP contribution in [0.1, 0.15) is 6.92 Å². The van der Waals surface area contributed by atoms with Gasteiger partial charge in [-0.3, -0.25) is 14.5 Å². The van der Waals surface area contributed by atoms with Crippen molar-refractivity contribution in [2.24, 2.45) is 11.8 Å². The topological polar surface area (TPSA) is 69.6 Å². The minimum absolute atomic E-state index is 0.0209. The number of anilines is 1. The lowest BCUT2D eigenvalue weighted by molar-refractivity contribution is -0.142. The van der Waals surface area contributed by atoms with Crippen LogP contribution in [0.2, 0.25) is 0 Å². The molecule has 0 bridgehead atoms. The molecule has 1 heterocycles. The van der Waals surface area contributed by atoms with E-state index in [1.807, 2.05) is 6.92 Å². The Kier molecular flexibility index (Phi) is 4.52. The number of benzene rings is 1. The van der Waals surface area contributed by atoms with Gasteiger partial charge < -0.3 is 10.4 Å². The average Bonchev–Trinajstić information content (AvgIpc) is 2.75. The monoisotopic (exact) mass is 298 g/mol. The second-order valence-electron chi connectivity index (χ2n) is 5.29. The van der Waals surface area contributed by atoms with E-state index in [1.165, 1.54) is 6.07 Å². The normalized spacial score (nSPS) is 22.2. The van der Waals surface area contributed by atoms with Gasteiger partial charge in [0.05, 0.1) is 12.5 Å². The van der Waals surface area contributed by atoms with E-state index in [9.17, 15) is 18.4 Å². The molecule has 5 nitrogen and oxygen atoms in total. The quantitative estimate of drug-likeness (QED) is 0.885.